The quantitative estimate of drug-likeness (QED) is 0.845. The summed E-state index contributed by atoms with van der Waals surface area (Å²) in [6.07, 6.45) is 2.35. The van der Waals surface area contributed by atoms with E-state index in [0.717, 1.165) is 35.5 Å². The number of anilines is 1. The smallest absolute Gasteiger partial charge is 0.239 e. The Balaban J connectivity index is 0.00000156. The van der Waals surface area contributed by atoms with Gasteiger partial charge in [0, 0.05) is 26.2 Å². The van der Waals surface area contributed by atoms with Crippen LogP contribution < -0.4 is 10.6 Å². The number of hydrogen-bond acceptors (Lipinski definition) is 6. The van der Waals surface area contributed by atoms with Gasteiger partial charge in [0.1, 0.15) is 12.1 Å². The number of amides is 1. The van der Waals surface area contributed by atoms with E-state index in [-0.39, 0.29) is 36.8 Å². The molecule has 3 heterocycles. The van der Waals surface area contributed by atoms with Gasteiger partial charge in [-0.2, -0.15) is 0 Å². The molecule has 3 rings (SSSR count). The third-order valence-electron chi connectivity index (χ3n) is 4.16. The van der Waals surface area contributed by atoms with E-state index < -0.39 is 0 Å². The molecule has 25 heavy (non-hydrogen) atoms. The van der Waals surface area contributed by atoms with Crippen LogP contribution in [0.15, 0.2) is 17.8 Å². The van der Waals surface area contributed by atoms with E-state index in [0.29, 0.717) is 19.0 Å². The number of carbonyl (C=O) groups excluding carboxylic acids is 1. The molecule has 6 nitrogen and oxygen atoms in total. The Kier molecular flexibility index (Phi) is 8.34. The van der Waals surface area contributed by atoms with Crippen molar-refractivity contribution in [3.8, 4) is 0 Å². The molecular weight excluding hydrogens is 381 g/mol. The molecule has 2 N–H and O–H groups in total. The van der Waals surface area contributed by atoms with Gasteiger partial charge in [-0.05, 0) is 23.8 Å². The van der Waals surface area contributed by atoms with Crippen molar-refractivity contribution < 1.29 is 4.79 Å². The molecule has 2 aromatic heterocycles. The minimum atomic E-state index is -0.385. The summed E-state index contributed by atoms with van der Waals surface area (Å²) in [5.74, 6) is 1.48. The first kappa shape index (κ1) is 21.9. The molecule has 9 heteroatoms. The fraction of sp³-hybridized carbons (Fsp3) is 0.562. The fourth-order valence-corrected chi connectivity index (χ4v) is 3.84. The predicted octanol–water partition coefficient (Wildman–Crippen LogP) is 2.56. The molecule has 1 atom stereocenters. The first-order chi connectivity index (χ1) is 11.1. The fourth-order valence-electron chi connectivity index (χ4n) is 2.98. The molecule has 0 aliphatic carbocycles. The number of hydrogen-bond donors (Lipinski definition) is 1. The SMILES string of the molecule is CC(C)C[C@H](N)C(=O)N1CCN(c2ncnc3ccsc23)CC1.Cl.Cl. The van der Waals surface area contributed by atoms with Crippen molar-refractivity contribution in [2.75, 3.05) is 31.1 Å². The lowest BCUT2D eigenvalue weighted by atomic mass is 10.0. The van der Waals surface area contributed by atoms with Gasteiger partial charge < -0.3 is 15.5 Å². The van der Waals surface area contributed by atoms with Crippen LogP contribution in [0.5, 0.6) is 0 Å². The molecular formula is C16H25Cl2N5OS. The van der Waals surface area contributed by atoms with Gasteiger partial charge >= 0.3 is 0 Å². The van der Waals surface area contributed by atoms with Crippen molar-refractivity contribution >= 4 is 58.1 Å². The van der Waals surface area contributed by atoms with Crippen molar-refractivity contribution in [1.29, 1.82) is 0 Å². The third-order valence-corrected chi connectivity index (χ3v) is 5.06. The van der Waals surface area contributed by atoms with Crippen molar-refractivity contribution in [1.82, 2.24) is 14.9 Å². The lowest BCUT2D eigenvalue weighted by Crippen LogP contribution is -2.53. The predicted molar refractivity (Wildman–Crippen MR) is 108 cm³/mol. The summed E-state index contributed by atoms with van der Waals surface area (Å²) in [7, 11) is 0. The molecule has 0 unspecified atom stereocenters. The van der Waals surface area contributed by atoms with Crippen LogP contribution in [0.25, 0.3) is 10.2 Å². The van der Waals surface area contributed by atoms with Gasteiger partial charge in [0.25, 0.3) is 0 Å². The Labute approximate surface area is 164 Å². The number of halogens is 2. The van der Waals surface area contributed by atoms with Gasteiger partial charge in [-0.1, -0.05) is 13.8 Å². The van der Waals surface area contributed by atoms with Crippen molar-refractivity contribution in [3.63, 3.8) is 0 Å². The molecule has 0 radical (unpaired) electrons. The molecule has 2 aromatic rings. The Morgan fingerprint density at radius 1 is 1.24 bits per heavy atom. The van der Waals surface area contributed by atoms with Gasteiger partial charge in [-0.15, -0.1) is 36.2 Å². The number of piperazine rings is 1. The molecule has 1 fully saturated rings. The summed E-state index contributed by atoms with van der Waals surface area (Å²) in [6, 6.07) is 1.63. The summed E-state index contributed by atoms with van der Waals surface area (Å²) < 4.78 is 1.11. The number of thiophene rings is 1. The summed E-state index contributed by atoms with van der Waals surface area (Å²) in [5, 5.41) is 2.04. The Bertz CT molecular complexity index is 688. The van der Waals surface area contributed by atoms with E-state index in [1.165, 1.54) is 0 Å². The number of rotatable bonds is 4. The van der Waals surface area contributed by atoms with Crippen LogP contribution in [-0.4, -0.2) is 53.0 Å². The van der Waals surface area contributed by atoms with E-state index in [2.05, 4.69) is 28.7 Å². The summed E-state index contributed by atoms with van der Waals surface area (Å²) >= 11 is 1.66. The second-order valence-electron chi connectivity index (χ2n) is 6.38. The van der Waals surface area contributed by atoms with Gasteiger partial charge in [0.2, 0.25) is 5.91 Å². The van der Waals surface area contributed by atoms with Crippen LogP contribution >= 0.6 is 36.2 Å². The maximum absolute atomic E-state index is 12.4. The largest absolute Gasteiger partial charge is 0.352 e. The second-order valence-corrected chi connectivity index (χ2v) is 7.30. The summed E-state index contributed by atoms with van der Waals surface area (Å²) in [4.78, 5) is 25.3. The van der Waals surface area contributed by atoms with Gasteiger partial charge in [0.15, 0.2) is 0 Å². The van der Waals surface area contributed by atoms with Crippen molar-refractivity contribution in [3.05, 3.63) is 17.8 Å². The first-order valence-corrected chi connectivity index (χ1v) is 8.91. The number of aromatic nitrogens is 2. The monoisotopic (exact) mass is 405 g/mol. The standard InChI is InChI=1S/C16H23N5OS.2ClH/c1-11(2)9-12(17)16(22)21-6-4-20(5-7-21)15-14-13(3-8-23-14)18-10-19-15;;/h3,8,10-12H,4-7,9,17H2,1-2H3;2*1H/t12-;;/m0../s1. The van der Waals surface area contributed by atoms with E-state index >= 15 is 0 Å². The molecule has 0 bridgehead atoms. The van der Waals surface area contributed by atoms with Gasteiger partial charge in [-0.25, -0.2) is 9.97 Å². The zero-order valence-corrected chi connectivity index (χ0v) is 16.9. The topological polar surface area (TPSA) is 75.4 Å². The number of nitrogens with zero attached hydrogens (tertiary/aromatic N) is 4. The molecule has 140 valence electrons. The second kappa shape index (κ2) is 9.52. The van der Waals surface area contributed by atoms with Gasteiger partial charge in [0.05, 0.1) is 16.3 Å². The Morgan fingerprint density at radius 3 is 2.56 bits per heavy atom. The lowest BCUT2D eigenvalue weighted by molar-refractivity contribution is -0.133. The maximum Gasteiger partial charge on any atom is 0.239 e. The van der Waals surface area contributed by atoms with E-state index in [9.17, 15) is 4.79 Å². The third kappa shape index (κ3) is 4.94. The lowest BCUT2D eigenvalue weighted by Gasteiger charge is -2.36. The molecule has 0 spiro atoms. The maximum atomic E-state index is 12.4. The average Bonchev–Trinajstić information content (AvgIpc) is 3.02. The highest BCUT2D eigenvalue weighted by Gasteiger charge is 2.26. The Morgan fingerprint density at radius 2 is 1.92 bits per heavy atom. The minimum Gasteiger partial charge on any atom is -0.352 e. The van der Waals surface area contributed by atoms with Crippen LogP contribution in [0.2, 0.25) is 0 Å². The van der Waals surface area contributed by atoms with Crippen LogP contribution in [0.1, 0.15) is 20.3 Å². The molecule has 0 saturated carbocycles. The van der Waals surface area contributed by atoms with E-state index in [4.69, 9.17) is 5.73 Å². The van der Waals surface area contributed by atoms with Gasteiger partial charge in [-0.3, -0.25) is 4.79 Å². The minimum absolute atomic E-state index is 0. The van der Waals surface area contributed by atoms with Crippen molar-refractivity contribution in [2.24, 2.45) is 11.7 Å². The summed E-state index contributed by atoms with van der Waals surface area (Å²) in [5.41, 5.74) is 7.02. The zero-order valence-electron chi connectivity index (χ0n) is 14.4. The number of fused-ring (bicyclic) bond motifs is 1. The summed E-state index contributed by atoms with van der Waals surface area (Å²) in [6.45, 7) is 7.14. The van der Waals surface area contributed by atoms with Crippen molar-refractivity contribution in [2.45, 2.75) is 26.3 Å². The molecule has 1 saturated heterocycles. The first-order valence-electron chi connectivity index (χ1n) is 8.03. The van der Waals surface area contributed by atoms with E-state index in [1.54, 1.807) is 17.7 Å². The highest BCUT2D eigenvalue weighted by Crippen LogP contribution is 2.28. The highest BCUT2D eigenvalue weighted by molar-refractivity contribution is 7.17. The van der Waals surface area contributed by atoms with Crippen LogP contribution in [0.4, 0.5) is 5.82 Å². The highest BCUT2D eigenvalue weighted by atomic mass is 35.5. The molecule has 1 amide bonds. The van der Waals surface area contributed by atoms with Crippen LogP contribution in [-0.2, 0) is 4.79 Å². The molecule has 1 aliphatic heterocycles. The Hall–Kier alpha value is -1.15. The van der Waals surface area contributed by atoms with Crippen LogP contribution in [0, 0.1) is 5.92 Å². The van der Waals surface area contributed by atoms with E-state index in [1.807, 2.05) is 16.3 Å². The zero-order chi connectivity index (χ0) is 16.4. The average molecular weight is 406 g/mol. The number of carbonyl (C=O) groups is 1. The molecule has 0 aromatic carbocycles. The number of nitrogens with two attached hydrogens (primary N) is 1. The van der Waals surface area contributed by atoms with Crippen LogP contribution in [0.3, 0.4) is 0 Å². The molecule has 1 aliphatic rings. The normalized spacial score (nSPS) is 15.7.